The normalized spacial score (nSPS) is 26.5. The van der Waals surface area contributed by atoms with Crippen molar-refractivity contribution in [3.05, 3.63) is 30.1 Å². The largest absolute Gasteiger partial charge is 0.393 e. The van der Waals surface area contributed by atoms with Gasteiger partial charge in [0.1, 0.15) is 0 Å². The second-order valence-corrected chi connectivity index (χ2v) is 6.83. The number of aliphatic hydroxyl groups is 1. The van der Waals surface area contributed by atoms with Crippen LogP contribution < -0.4 is 0 Å². The maximum atomic E-state index is 10.3. The molecule has 3 unspecified atom stereocenters. The fourth-order valence-electron chi connectivity index (χ4n) is 3.47. The van der Waals surface area contributed by atoms with Gasteiger partial charge in [-0.2, -0.15) is 0 Å². The van der Waals surface area contributed by atoms with E-state index in [0.717, 1.165) is 37.9 Å². The van der Waals surface area contributed by atoms with E-state index >= 15 is 0 Å². The molecule has 3 heteroatoms. The number of aromatic nitrogens is 1. The van der Waals surface area contributed by atoms with Gasteiger partial charge in [-0.3, -0.25) is 9.88 Å². The predicted molar refractivity (Wildman–Crippen MR) is 86.9 cm³/mol. The van der Waals surface area contributed by atoms with Crippen LogP contribution in [0, 0.1) is 17.8 Å². The third-order valence-electron chi connectivity index (χ3n) is 5.02. The van der Waals surface area contributed by atoms with Crippen LogP contribution in [0.15, 0.2) is 24.5 Å². The van der Waals surface area contributed by atoms with Crippen LogP contribution in [0.1, 0.15) is 45.6 Å². The molecule has 3 atom stereocenters. The zero-order valence-corrected chi connectivity index (χ0v) is 13.7. The Morgan fingerprint density at radius 3 is 2.62 bits per heavy atom. The monoisotopic (exact) mass is 290 g/mol. The highest BCUT2D eigenvalue weighted by atomic mass is 16.3. The maximum Gasteiger partial charge on any atom is 0.0580 e. The molecule has 0 amide bonds. The minimum Gasteiger partial charge on any atom is -0.393 e. The molecule has 1 heterocycles. The first-order valence-electron chi connectivity index (χ1n) is 8.39. The third kappa shape index (κ3) is 4.79. The molecule has 0 radical (unpaired) electrons. The summed E-state index contributed by atoms with van der Waals surface area (Å²) in [6.07, 6.45) is 6.92. The summed E-state index contributed by atoms with van der Waals surface area (Å²) in [6, 6.07) is 4.16. The van der Waals surface area contributed by atoms with E-state index in [-0.39, 0.29) is 6.10 Å². The van der Waals surface area contributed by atoms with E-state index in [9.17, 15) is 5.11 Å². The van der Waals surface area contributed by atoms with Gasteiger partial charge in [-0.05, 0) is 61.3 Å². The van der Waals surface area contributed by atoms with Crippen molar-refractivity contribution in [1.82, 2.24) is 9.88 Å². The first kappa shape index (κ1) is 16.4. The quantitative estimate of drug-likeness (QED) is 0.873. The first-order chi connectivity index (χ1) is 10.1. The van der Waals surface area contributed by atoms with Crippen molar-refractivity contribution in [3.8, 4) is 0 Å². The van der Waals surface area contributed by atoms with Gasteiger partial charge in [0.05, 0.1) is 6.10 Å². The molecule has 0 saturated heterocycles. The highest BCUT2D eigenvalue weighted by Crippen LogP contribution is 2.34. The Hall–Kier alpha value is -0.930. The van der Waals surface area contributed by atoms with Crippen LogP contribution in [0.5, 0.6) is 0 Å². The minimum absolute atomic E-state index is 0.119. The van der Waals surface area contributed by atoms with Crippen molar-refractivity contribution in [2.45, 2.75) is 52.7 Å². The third-order valence-corrected chi connectivity index (χ3v) is 5.02. The van der Waals surface area contributed by atoms with Crippen LogP contribution in [0.4, 0.5) is 0 Å². The molecule has 21 heavy (non-hydrogen) atoms. The Labute approximate surface area is 129 Å². The summed E-state index contributed by atoms with van der Waals surface area (Å²) < 4.78 is 0. The lowest BCUT2D eigenvalue weighted by atomic mass is 9.74. The Balaban J connectivity index is 1.93. The van der Waals surface area contributed by atoms with Gasteiger partial charge in [0, 0.05) is 25.5 Å². The molecule has 0 aromatic carbocycles. The average Bonchev–Trinajstić information content (AvgIpc) is 2.49. The summed E-state index contributed by atoms with van der Waals surface area (Å²) in [5.74, 6) is 1.93. The van der Waals surface area contributed by atoms with E-state index < -0.39 is 0 Å². The molecule has 3 nitrogen and oxygen atoms in total. The van der Waals surface area contributed by atoms with Gasteiger partial charge in [-0.15, -0.1) is 0 Å². The molecule has 0 spiro atoms. The van der Waals surface area contributed by atoms with Crippen molar-refractivity contribution in [2.24, 2.45) is 17.8 Å². The van der Waals surface area contributed by atoms with E-state index in [1.807, 2.05) is 12.4 Å². The SMILES string of the molecule is CCN(Cc1ccncc1)CC1CC(C(C)C)CCC1O. The van der Waals surface area contributed by atoms with Crippen LogP contribution in [-0.4, -0.2) is 34.2 Å². The molecule has 1 N–H and O–H groups in total. The number of hydrogen-bond acceptors (Lipinski definition) is 3. The summed E-state index contributed by atoms with van der Waals surface area (Å²) >= 11 is 0. The lowest BCUT2D eigenvalue weighted by Crippen LogP contribution is -2.39. The van der Waals surface area contributed by atoms with Gasteiger partial charge in [-0.1, -0.05) is 20.8 Å². The number of nitrogens with zero attached hydrogens (tertiary/aromatic N) is 2. The minimum atomic E-state index is -0.119. The number of rotatable bonds is 6. The lowest BCUT2D eigenvalue weighted by molar-refractivity contribution is 0.0180. The fourth-order valence-corrected chi connectivity index (χ4v) is 3.47. The highest BCUT2D eigenvalue weighted by Gasteiger charge is 2.31. The van der Waals surface area contributed by atoms with Crippen LogP contribution in [0.25, 0.3) is 0 Å². The molecule has 0 aliphatic heterocycles. The number of aliphatic hydroxyl groups excluding tert-OH is 1. The average molecular weight is 290 g/mol. The van der Waals surface area contributed by atoms with Gasteiger partial charge >= 0.3 is 0 Å². The van der Waals surface area contributed by atoms with Gasteiger partial charge in [-0.25, -0.2) is 0 Å². The van der Waals surface area contributed by atoms with Crippen molar-refractivity contribution in [3.63, 3.8) is 0 Å². The molecule has 1 aromatic heterocycles. The molecule has 1 fully saturated rings. The summed E-state index contributed by atoms with van der Waals surface area (Å²) in [4.78, 5) is 6.53. The molecule has 118 valence electrons. The summed E-state index contributed by atoms with van der Waals surface area (Å²) in [5, 5.41) is 10.3. The standard InChI is InChI=1S/C18H30N2O/c1-4-20(12-15-7-9-19-10-8-15)13-17-11-16(14(2)3)5-6-18(17)21/h7-10,14,16-18,21H,4-6,11-13H2,1-3H3. The van der Waals surface area contributed by atoms with E-state index in [0.29, 0.717) is 5.92 Å². The molecular weight excluding hydrogens is 260 g/mol. The van der Waals surface area contributed by atoms with Crippen molar-refractivity contribution >= 4 is 0 Å². The zero-order chi connectivity index (χ0) is 15.2. The molecule has 1 aliphatic carbocycles. The van der Waals surface area contributed by atoms with Gasteiger partial charge in [0.2, 0.25) is 0 Å². The Kier molecular flexibility index (Phi) is 6.19. The Bertz CT molecular complexity index is 407. The van der Waals surface area contributed by atoms with E-state index in [4.69, 9.17) is 0 Å². The Morgan fingerprint density at radius 2 is 2.00 bits per heavy atom. The van der Waals surface area contributed by atoms with Gasteiger partial charge in [0.25, 0.3) is 0 Å². The topological polar surface area (TPSA) is 36.4 Å². The van der Waals surface area contributed by atoms with Crippen LogP contribution in [-0.2, 0) is 6.54 Å². The van der Waals surface area contributed by atoms with Crippen molar-refractivity contribution in [1.29, 1.82) is 0 Å². The second-order valence-electron chi connectivity index (χ2n) is 6.83. The molecule has 2 rings (SSSR count). The van der Waals surface area contributed by atoms with Gasteiger partial charge < -0.3 is 5.11 Å². The fraction of sp³-hybridized carbons (Fsp3) is 0.722. The van der Waals surface area contributed by atoms with Gasteiger partial charge in [0.15, 0.2) is 0 Å². The summed E-state index contributed by atoms with van der Waals surface area (Å²) in [7, 11) is 0. The van der Waals surface area contributed by atoms with Crippen LogP contribution in [0.3, 0.4) is 0 Å². The maximum absolute atomic E-state index is 10.3. The number of hydrogen-bond donors (Lipinski definition) is 1. The smallest absolute Gasteiger partial charge is 0.0580 e. The summed E-state index contributed by atoms with van der Waals surface area (Å²) in [5.41, 5.74) is 1.30. The summed E-state index contributed by atoms with van der Waals surface area (Å²) in [6.45, 7) is 9.81. The molecule has 1 aliphatic rings. The molecule has 0 bridgehead atoms. The second kappa shape index (κ2) is 7.90. The zero-order valence-electron chi connectivity index (χ0n) is 13.7. The van der Waals surface area contributed by atoms with E-state index in [1.165, 1.54) is 18.4 Å². The van der Waals surface area contributed by atoms with E-state index in [2.05, 4.69) is 42.8 Å². The van der Waals surface area contributed by atoms with Crippen LogP contribution >= 0.6 is 0 Å². The van der Waals surface area contributed by atoms with E-state index in [1.54, 1.807) is 0 Å². The number of pyridine rings is 1. The lowest BCUT2D eigenvalue weighted by Gasteiger charge is -2.38. The van der Waals surface area contributed by atoms with Crippen molar-refractivity contribution < 1.29 is 5.11 Å². The molecule has 1 saturated carbocycles. The highest BCUT2D eigenvalue weighted by molar-refractivity contribution is 5.09. The predicted octanol–water partition coefficient (Wildman–Crippen LogP) is 3.34. The Morgan fingerprint density at radius 1 is 1.29 bits per heavy atom. The van der Waals surface area contributed by atoms with Crippen molar-refractivity contribution in [2.75, 3.05) is 13.1 Å². The molecular formula is C18H30N2O. The van der Waals surface area contributed by atoms with Crippen LogP contribution in [0.2, 0.25) is 0 Å². The molecule has 1 aromatic rings. The first-order valence-corrected chi connectivity index (χ1v) is 8.39.